The molecule has 0 radical (unpaired) electrons. The SMILES string of the molecule is Clc1cccc(C2(CNC(c3cccnc3)c3ncc[nH]3)CC2)c1. The van der Waals surface area contributed by atoms with Gasteiger partial charge < -0.3 is 10.3 Å². The number of benzene rings is 1. The van der Waals surface area contributed by atoms with Gasteiger partial charge in [0.1, 0.15) is 5.82 Å². The highest BCUT2D eigenvalue weighted by atomic mass is 35.5. The predicted molar refractivity (Wildman–Crippen MR) is 95.0 cm³/mol. The largest absolute Gasteiger partial charge is 0.347 e. The van der Waals surface area contributed by atoms with Gasteiger partial charge in [0.15, 0.2) is 0 Å². The standard InChI is InChI=1S/C19H19ClN4/c20-16-5-1-4-15(11-16)19(6-7-19)13-24-17(18-22-9-10-23-18)14-3-2-8-21-12-14/h1-5,8-12,17,24H,6-7,13H2,(H,22,23). The first-order chi connectivity index (χ1) is 11.8. The third-order valence-corrected chi connectivity index (χ3v) is 4.98. The molecule has 0 aliphatic heterocycles. The molecule has 2 heterocycles. The lowest BCUT2D eigenvalue weighted by molar-refractivity contribution is 0.515. The molecular weight excluding hydrogens is 320 g/mol. The maximum atomic E-state index is 6.17. The molecule has 2 aromatic heterocycles. The summed E-state index contributed by atoms with van der Waals surface area (Å²) in [5.41, 5.74) is 2.60. The van der Waals surface area contributed by atoms with Crippen molar-refractivity contribution in [1.29, 1.82) is 0 Å². The molecule has 4 rings (SSSR count). The molecule has 1 aromatic carbocycles. The highest BCUT2D eigenvalue weighted by Gasteiger charge is 2.44. The summed E-state index contributed by atoms with van der Waals surface area (Å²) in [7, 11) is 0. The quantitative estimate of drug-likeness (QED) is 0.717. The number of nitrogens with one attached hydrogen (secondary N) is 2. The third-order valence-electron chi connectivity index (χ3n) is 4.75. The number of hydrogen-bond donors (Lipinski definition) is 2. The summed E-state index contributed by atoms with van der Waals surface area (Å²) in [6.45, 7) is 0.883. The van der Waals surface area contributed by atoms with Crippen LogP contribution in [0.25, 0.3) is 0 Å². The predicted octanol–water partition coefficient (Wildman–Crippen LogP) is 3.87. The number of pyridine rings is 1. The van der Waals surface area contributed by atoms with Crippen molar-refractivity contribution in [1.82, 2.24) is 20.3 Å². The van der Waals surface area contributed by atoms with Crippen LogP contribution in [0, 0.1) is 0 Å². The van der Waals surface area contributed by atoms with E-state index in [1.165, 1.54) is 18.4 Å². The van der Waals surface area contributed by atoms with E-state index in [0.29, 0.717) is 0 Å². The van der Waals surface area contributed by atoms with Gasteiger partial charge in [-0.1, -0.05) is 29.8 Å². The van der Waals surface area contributed by atoms with E-state index in [1.807, 2.05) is 30.6 Å². The zero-order valence-electron chi connectivity index (χ0n) is 13.2. The molecule has 1 atom stereocenters. The maximum Gasteiger partial charge on any atom is 0.127 e. The molecule has 0 saturated heterocycles. The van der Waals surface area contributed by atoms with Crippen LogP contribution in [0.3, 0.4) is 0 Å². The summed E-state index contributed by atoms with van der Waals surface area (Å²) < 4.78 is 0. The van der Waals surface area contributed by atoms with E-state index in [-0.39, 0.29) is 11.5 Å². The van der Waals surface area contributed by atoms with Gasteiger partial charge in [-0.3, -0.25) is 4.98 Å². The molecule has 1 saturated carbocycles. The number of H-pyrrole nitrogens is 1. The summed E-state index contributed by atoms with van der Waals surface area (Å²) in [4.78, 5) is 11.9. The molecule has 122 valence electrons. The van der Waals surface area contributed by atoms with Gasteiger partial charge in [0.05, 0.1) is 6.04 Å². The molecular formula is C19H19ClN4. The molecule has 0 spiro atoms. The average Bonchev–Trinajstić information content (AvgIpc) is 3.21. The van der Waals surface area contributed by atoms with E-state index in [2.05, 4.69) is 38.5 Å². The summed E-state index contributed by atoms with van der Waals surface area (Å²) in [6, 6.07) is 12.3. The molecule has 4 nitrogen and oxygen atoms in total. The van der Waals surface area contributed by atoms with Crippen LogP contribution in [0.4, 0.5) is 0 Å². The number of imidazole rings is 1. The van der Waals surface area contributed by atoms with Gasteiger partial charge >= 0.3 is 0 Å². The lowest BCUT2D eigenvalue weighted by Crippen LogP contribution is -2.32. The van der Waals surface area contributed by atoms with Crippen molar-refractivity contribution in [3.05, 3.63) is 83.2 Å². The van der Waals surface area contributed by atoms with Crippen LogP contribution in [-0.2, 0) is 5.41 Å². The van der Waals surface area contributed by atoms with Crippen molar-refractivity contribution < 1.29 is 0 Å². The van der Waals surface area contributed by atoms with Crippen molar-refractivity contribution in [3.63, 3.8) is 0 Å². The van der Waals surface area contributed by atoms with Crippen LogP contribution >= 0.6 is 11.6 Å². The molecule has 0 amide bonds. The first-order valence-corrected chi connectivity index (χ1v) is 8.53. The van der Waals surface area contributed by atoms with Gasteiger partial charge in [0.25, 0.3) is 0 Å². The first kappa shape index (κ1) is 15.4. The van der Waals surface area contributed by atoms with Crippen LogP contribution < -0.4 is 5.32 Å². The first-order valence-electron chi connectivity index (χ1n) is 8.15. The van der Waals surface area contributed by atoms with Crippen LogP contribution in [0.5, 0.6) is 0 Å². The Bertz CT molecular complexity index is 797. The molecule has 1 fully saturated rings. The summed E-state index contributed by atoms with van der Waals surface area (Å²) in [6.07, 6.45) is 9.67. The van der Waals surface area contributed by atoms with Crippen LogP contribution in [0.15, 0.2) is 61.2 Å². The number of aromatic amines is 1. The minimum Gasteiger partial charge on any atom is -0.347 e. The lowest BCUT2D eigenvalue weighted by Gasteiger charge is -2.22. The zero-order chi connectivity index (χ0) is 16.4. The van der Waals surface area contributed by atoms with Crippen molar-refractivity contribution in [2.75, 3.05) is 6.54 Å². The Kier molecular flexibility index (Phi) is 4.08. The second-order valence-electron chi connectivity index (χ2n) is 6.37. The fourth-order valence-electron chi connectivity index (χ4n) is 3.19. The average molecular weight is 339 g/mol. The minimum absolute atomic E-state index is 0.00496. The molecule has 1 unspecified atom stereocenters. The Labute approximate surface area is 146 Å². The Morgan fingerprint density at radius 3 is 2.79 bits per heavy atom. The summed E-state index contributed by atoms with van der Waals surface area (Å²) in [5, 5.41) is 4.48. The molecule has 1 aliphatic rings. The third kappa shape index (κ3) is 3.07. The zero-order valence-corrected chi connectivity index (χ0v) is 14.0. The van der Waals surface area contributed by atoms with Gasteiger partial charge in [0, 0.05) is 41.8 Å². The second kappa shape index (κ2) is 6.38. The number of hydrogen-bond acceptors (Lipinski definition) is 3. The van der Waals surface area contributed by atoms with Crippen molar-refractivity contribution in [2.45, 2.75) is 24.3 Å². The summed E-state index contributed by atoms with van der Waals surface area (Å²) >= 11 is 6.17. The van der Waals surface area contributed by atoms with E-state index in [4.69, 9.17) is 11.6 Å². The minimum atomic E-state index is 0.00496. The van der Waals surface area contributed by atoms with Crippen molar-refractivity contribution >= 4 is 11.6 Å². The fraction of sp³-hybridized carbons (Fsp3) is 0.263. The van der Waals surface area contributed by atoms with Gasteiger partial charge in [-0.2, -0.15) is 0 Å². The highest BCUT2D eigenvalue weighted by molar-refractivity contribution is 6.30. The highest BCUT2D eigenvalue weighted by Crippen LogP contribution is 2.48. The molecule has 1 aliphatic carbocycles. The Morgan fingerprint density at radius 2 is 2.12 bits per heavy atom. The summed E-state index contributed by atoms with van der Waals surface area (Å²) in [5.74, 6) is 0.907. The van der Waals surface area contributed by atoms with Gasteiger partial charge in [-0.15, -0.1) is 0 Å². The van der Waals surface area contributed by atoms with E-state index in [9.17, 15) is 0 Å². The molecule has 2 N–H and O–H groups in total. The maximum absolute atomic E-state index is 6.17. The molecule has 24 heavy (non-hydrogen) atoms. The van der Waals surface area contributed by atoms with Gasteiger partial charge in [0.2, 0.25) is 0 Å². The topological polar surface area (TPSA) is 53.6 Å². The Morgan fingerprint density at radius 1 is 1.21 bits per heavy atom. The fourth-order valence-corrected chi connectivity index (χ4v) is 3.38. The van der Waals surface area contributed by atoms with Crippen LogP contribution in [0.2, 0.25) is 5.02 Å². The monoisotopic (exact) mass is 338 g/mol. The smallest absolute Gasteiger partial charge is 0.127 e. The van der Waals surface area contributed by atoms with E-state index in [0.717, 1.165) is 23.0 Å². The number of aromatic nitrogens is 3. The van der Waals surface area contributed by atoms with Crippen molar-refractivity contribution in [3.8, 4) is 0 Å². The Hall–Kier alpha value is -2.17. The van der Waals surface area contributed by atoms with Gasteiger partial charge in [-0.25, -0.2) is 4.98 Å². The number of nitrogens with zero attached hydrogens (tertiary/aromatic N) is 2. The van der Waals surface area contributed by atoms with E-state index >= 15 is 0 Å². The number of rotatable bonds is 6. The van der Waals surface area contributed by atoms with Crippen molar-refractivity contribution in [2.24, 2.45) is 0 Å². The van der Waals surface area contributed by atoms with E-state index in [1.54, 1.807) is 12.4 Å². The normalized spacial score (nSPS) is 16.7. The molecule has 3 aromatic rings. The molecule has 5 heteroatoms. The number of halogens is 1. The van der Waals surface area contributed by atoms with Crippen LogP contribution in [-0.4, -0.2) is 21.5 Å². The lowest BCUT2D eigenvalue weighted by atomic mass is 9.95. The van der Waals surface area contributed by atoms with Gasteiger partial charge in [-0.05, 0) is 42.2 Å². The second-order valence-corrected chi connectivity index (χ2v) is 6.80. The Balaban J connectivity index is 1.56. The molecule has 0 bridgehead atoms. The van der Waals surface area contributed by atoms with E-state index < -0.39 is 0 Å². The van der Waals surface area contributed by atoms with Crippen LogP contribution in [0.1, 0.15) is 35.8 Å².